The van der Waals surface area contributed by atoms with Gasteiger partial charge in [-0.15, -0.1) is 0 Å². The lowest BCUT2D eigenvalue weighted by Gasteiger charge is -2.39. The molecular weight excluding hydrogens is 452 g/mol. The van der Waals surface area contributed by atoms with Crippen LogP contribution in [0, 0.1) is 19.3 Å². The van der Waals surface area contributed by atoms with E-state index < -0.39 is 45.3 Å². The molecule has 1 aliphatic carbocycles. The normalized spacial score (nSPS) is 17.4. The van der Waals surface area contributed by atoms with E-state index in [9.17, 15) is 18.0 Å². The van der Waals surface area contributed by atoms with Crippen LogP contribution in [0.1, 0.15) is 62.3 Å². The van der Waals surface area contributed by atoms with Crippen LogP contribution < -0.4 is 0 Å². The summed E-state index contributed by atoms with van der Waals surface area (Å²) in [7, 11) is -3.68. The minimum Gasteiger partial charge on any atom is -0.462 e. The Kier molecular flexibility index (Phi) is 7.56. The smallest absolute Gasteiger partial charge is 0.324 e. The van der Waals surface area contributed by atoms with Crippen LogP contribution in [0.15, 0.2) is 47.4 Å². The highest BCUT2D eigenvalue weighted by molar-refractivity contribution is 7.91. The molecule has 3 rings (SSSR count). The number of carbonyl (C=O) groups excluding carboxylic acids is 2. The number of carbonyl (C=O) groups is 2. The number of fused-ring (bicyclic) bond motifs is 1. The molecule has 0 radical (unpaired) electrons. The van der Waals surface area contributed by atoms with E-state index >= 15 is 0 Å². The summed E-state index contributed by atoms with van der Waals surface area (Å²) in [6.07, 6.45) is -0.734. The summed E-state index contributed by atoms with van der Waals surface area (Å²) in [5.41, 5.74) is 1.95. The number of hydrogen-bond acceptors (Lipinski definition) is 6. The van der Waals surface area contributed by atoms with Crippen molar-refractivity contribution in [1.29, 1.82) is 0 Å². The number of aryl methyl sites for hydroxylation is 2. The Morgan fingerprint density at radius 1 is 0.912 bits per heavy atom. The highest BCUT2D eigenvalue weighted by atomic mass is 32.2. The van der Waals surface area contributed by atoms with Crippen LogP contribution in [-0.4, -0.2) is 38.3 Å². The van der Waals surface area contributed by atoms with Gasteiger partial charge < -0.3 is 9.47 Å². The predicted molar refractivity (Wildman–Crippen MR) is 130 cm³/mol. The first-order valence-corrected chi connectivity index (χ1v) is 13.3. The van der Waals surface area contributed by atoms with Crippen LogP contribution in [0.3, 0.4) is 0 Å². The first-order valence-electron chi connectivity index (χ1n) is 11.6. The van der Waals surface area contributed by atoms with Gasteiger partial charge in [0.05, 0.1) is 22.9 Å². The van der Waals surface area contributed by atoms with E-state index in [-0.39, 0.29) is 23.5 Å². The van der Waals surface area contributed by atoms with E-state index in [1.54, 1.807) is 52.0 Å². The molecule has 0 fully saturated rings. The first-order chi connectivity index (χ1) is 15.8. The highest BCUT2D eigenvalue weighted by Gasteiger charge is 2.54. The maximum Gasteiger partial charge on any atom is 0.324 e. The topological polar surface area (TPSA) is 86.7 Å². The van der Waals surface area contributed by atoms with Crippen LogP contribution in [0.25, 0.3) is 0 Å². The van der Waals surface area contributed by atoms with Gasteiger partial charge in [-0.25, -0.2) is 8.42 Å². The summed E-state index contributed by atoms with van der Waals surface area (Å²) >= 11 is 0. The van der Waals surface area contributed by atoms with Crippen molar-refractivity contribution < 1.29 is 27.5 Å². The summed E-state index contributed by atoms with van der Waals surface area (Å²) in [6.45, 7) is 10.7. The SMILES string of the molecule is Cc1ccc(S(=O)(=O)CC2CC(C(=O)OC(C)C)(C(=O)OC(C)C)Cc3ccc(C)cc32)cc1. The number of rotatable bonds is 7. The van der Waals surface area contributed by atoms with E-state index in [1.807, 2.05) is 32.0 Å². The van der Waals surface area contributed by atoms with Gasteiger partial charge in [0.15, 0.2) is 15.3 Å². The van der Waals surface area contributed by atoms with E-state index in [2.05, 4.69) is 0 Å². The number of hydrogen-bond donors (Lipinski definition) is 0. The fraction of sp³-hybridized carbons (Fsp3) is 0.481. The predicted octanol–water partition coefficient (Wildman–Crippen LogP) is 4.70. The second kappa shape index (κ2) is 9.90. The number of ether oxygens (including phenoxy) is 2. The van der Waals surface area contributed by atoms with E-state index in [4.69, 9.17) is 9.47 Å². The van der Waals surface area contributed by atoms with Crippen molar-refractivity contribution in [3.63, 3.8) is 0 Å². The standard InChI is InChI=1S/C27H34O6S/c1-17(2)32-25(28)27(26(29)33-18(3)4)14-21-10-7-20(6)13-24(21)22(15-27)16-34(30,31)23-11-8-19(5)9-12-23/h7-13,17-18,22H,14-16H2,1-6H3. The molecule has 2 aromatic carbocycles. The number of esters is 2. The molecule has 7 heteroatoms. The lowest BCUT2D eigenvalue weighted by molar-refractivity contribution is -0.178. The van der Waals surface area contributed by atoms with Crippen LogP contribution in [0.5, 0.6) is 0 Å². The van der Waals surface area contributed by atoms with E-state index in [1.165, 1.54) is 0 Å². The molecule has 0 spiro atoms. The molecule has 0 aromatic heterocycles. The van der Waals surface area contributed by atoms with Crippen molar-refractivity contribution in [2.75, 3.05) is 5.75 Å². The summed E-state index contributed by atoms with van der Waals surface area (Å²) in [5.74, 6) is -2.14. The second-order valence-corrected chi connectivity index (χ2v) is 11.9. The molecule has 0 N–H and O–H groups in total. The Hall–Kier alpha value is -2.67. The molecule has 0 aliphatic heterocycles. The van der Waals surface area contributed by atoms with E-state index in [0.29, 0.717) is 0 Å². The van der Waals surface area contributed by atoms with Crippen LogP contribution >= 0.6 is 0 Å². The lowest BCUT2D eigenvalue weighted by atomic mass is 9.67. The Bertz CT molecular complexity index is 1140. The van der Waals surface area contributed by atoms with Crippen molar-refractivity contribution in [3.8, 4) is 0 Å². The molecule has 184 valence electrons. The van der Waals surface area contributed by atoms with Crippen molar-refractivity contribution in [3.05, 3.63) is 64.7 Å². The van der Waals surface area contributed by atoms with Gasteiger partial charge in [-0.2, -0.15) is 0 Å². The van der Waals surface area contributed by atoms with Crippen molar-refractivity contribution >= 4 is 21.8 Å². The largest absolute Gasteiger partial charge is 0.462 e. The molecule has 0 amide bonds. The first kappa shape index (κ1) is 25.9. The molecular formula is C27H34O6S. The Morgan fingerprint density at radius 2 is 1.44 bits per heavy atom. The molecule has 34 heavy (non-hydrogen) atoms. The summed E-state index contributed by atoms with van der Waals surface area (Å²) in [5, 5.41) is 0. The third-order valence-electron chi connectivity index (χ3n) is 6.10. The highest BCUT2D eigenvalue weighted by Crippen LogP contribution is 2.46. The summed E-state index contributed by atoms with van der Waals surface area (Å²) in [6, 6.07) is 12.4. The Morgan fingerprint density at radius 3 is 1.97 bits per heavy atom. The van der Waals surface area contributed by atoms with Crippen LogP contribution in [0.2, 0.25) is 0 Å². The third kappa shape index (κ3) is 5.52. The van der Waals surface area contributed by atoms with Crippen LogP contribution in [0.4, 0.5) is 0 Å². The van der Waals surface area contributed by atoms with Gasteiger partial charge in [0, 0.05) is 5.92 Å². The van der Waals surface area contributed by atoms with Gasteiger partial charge >= 0.3 is 11.9 Å². The maximum atomic E-state index is 13.4. The van der Waals surface area contributed by atoms with Gasteiger partial charge in [0.1, 0.15) is 0 Å². The number of sulfone groups is 1. The van der Waals surface area contributed by atoms with Gasteiger partial charge in [0.2, 0.25) is 0 Å². The molecule has 6 nitrogen and oxygen atoms in total. The lowest BCUT2D eigenvalue weighted by Crippen LogP contribution is -2.49. The molecule has 1 unspecified atom stereocenters. The van der Waals surface area contributed by atoms with Crippen molar-refractivity contribution in [1.82, 2.24) is 0 Å². The van der Waals surface area contributed by atoms with Gasteiger partial charge in [-0.1, -0.05) is 41.5 Å². The molecule has 0 saturated carbocycles. The van der Waals surface area contributed by atoms with Gasteiger partial charge in [-0.05, 0) is 77.6 Å². The van der Waals surface area contributed by atoms with Gasteiger partial charge in [0.25, 0.3) is 0 Å². The monoisotopic (exact) mass is 486 g/mol. The van der Waals surface area contributed by atoms with E-state index in [0.717, 1.165) is 22.3 Å². The third-order valence-corrected chi connectivity index (χ3v) is 7.93. The molecule has 0 bridgehead atoms. The average Bonchev–Trinajstić information content (AvgIpc) is 2.73. The van der Waals surface area contributed by atoms with Crippen molar-refractivity contribution in [2.45, 2.75) is 77.4 Å². The average molecular weight is 487 g/mol. The molecule has 2 aromatic rings. The zero-order valence-electron chi connectivity index (χ0n) is 20.8. The fourth-order valence-corrected chi connectivity index (χ4v) is 6.06. The summed E-state index contributed by atoms with van der Waals surface area (Å²) in [4.78, 5) is 27.0. The number of benzene rings is 2. The fourth-order valence-electron chi connectivity index (χ4n) is 4.49. The Balaban J connectivity index is 2.10. The minimum atomic E-state index is -3.68. The minimum absolute atomic E-state index is 0.00561. The van der Waals surface area contributed by atoms with Crippen molar-refractivity contribution in [2.24, 2.45) is 5.41 Å². The van der Waals surface area contributed by atoms with Gasteiger partial charge in [-0.3, -0.25) is 9.59 Å². The second-order valence-electron chi connectivity index (χ2n) is 9.86. The maximum absolute atomic E-state index is 13.4. The quantitative estimate of drug-likeness (QED) is 0.417. The van der Waals surface area contributed by atoms with Crippen LogP contribution in [-0.2, 0) is 35.3 Å². The molecule has 1 aliphatic rings. The molecule has 1 atom stereocenters. The summed E-state index contributed by atoms with van der Waals surface area (Å²) < 4.78 is 37.8. The zero-order chi connectivity index (χ0) is 25.3. The molecule has 0 heterocycles. The molecule has 0 saturated heterocycles. The zero-order valence-corrected chi connectivity index (χ0v) is 21.6. The Labute approximate surface area is 202 Å².